The van der Waals surface area contributed by atoms with E-state index in [0.29, 0.717) is 0 Å². The molecule has 11 heavy (non-hydrogen) atoms. The van der Waals surface area contributed by atoms with Crippen LogP contribution >= 0.6 is 0 Å². The van der Waals surface area contributed by atoms with E-state index in [0.717, 1.165) is 38.8 Å². The first-order chi connectivity index (χ1) is 5.43. The van der Waals surface area contributed by atoms with Crippen LogP contribution < -0.4 is 5.32 Å². The molecule has 0 aliphatic carbocycles. The zero-order valence-electron chi connectivity index (χ0n) is 7.14. The molecule has 1 fully saturated rings. The van der Waals surface area contributed by atoms with E-state index in [9.17, 15) is 0 Å². The Hall–Kier alpha value is -0.120. The maximum atomic E-state index is 5.24. The summed E-state index contributed by atoms with van der Waals surface area (Å²) in [4.78, 5) is 0. The van der Waals surface area contributed by atoms with Gasteiger partial charge in [0.15, 0.2) is 0 Å². The van der Waals surface area contributed by atoms with Crippen molar-refractivity contribution >= 4 is 0 Å². The van der Waals surface area contributed by atoms with E-state index >= 15 is 0 Å². The van der Waals surface area contributed by atoms with Gasteiger partial charge in [0.05, 0.1) is 13.2 Å². The van der Waals surface area contributed by atoms with E-state index in [1.165, 1.54) is 6.42 Å². The Morgan fingerprint density at radius 2 is 2.55 bits per heavy atom. The molecule has 1 aliphatic heterocycles. The number of rotatable bonds is 5. The van der Waals surface area contributed by atoms with Crippen LogP contribution in [0, 0.1) is 5.92 Å². The summed E-state index contributed by atoms with van der Waals surface area (Å²) in [6.07, 6.45) is 1.21. The number of methoxy groups -OCH3 is 1. The van der Waals surface area contributed by atoms with Crippen molar-refractivity contribution in [2.45, 2.75) is 6.42 Å². The lowest BCUT2D eigenvalue weighted by atomic mass is 10.1. The Morgan fingerprint density at radius 1 is 1.64 bits per heavy atom. The summed E-state index contributed by atoms with van der Waals surface area (Å²) in [7, 11) is 1.72. The summed E-state index contributed by atoms with van der Waals surface area (Å²) >= 11 is 0. The number of hydrogen-bond donors (Lipinski definition) is 1. The number of ether oxygens (including phenoxy) is 2. The first-order valence-electron chi connectivity index (χ1n) is 4.21. The van der Waals surface area contributed by atoms with Crippen molar-refractivity contribution in [2.24, 2.45) is 5.92 Å². The van der Waals surface area contributed by atoms with Gasteiger partial charge in [-0.1, -0.05) is 0 Å². The normalized spacial score (nSPS) is 24.3. The van der Waals surface area contributed by atoms with Crippen molar-refractivity contribution in [3.63, 3.8) is 0 Å². The lowest BCUT2D eigenvalue weighted by Gasteiger charge is -2.07. The Labute approximate surface area is 68.1 Å². The third-order valence-electron chi connectivity index (χ3n) is 1.94. The topological polar surface area (TPSA) is 30.5 Å². The highest BCUT2D eigenvalue weighted by Crippen LogP contribution is 2.10. The van der Waals surface area contributed by atoms with Crippen LogP contribution in [0.1, 0.15) is 6.42 Å². The van der Waals surface area contributed by atoms with Crippen molar-refractivity contribution in [3.05, 3.63) is 0 Å². The maximum absolute atomic E-state index is 5.24. The standard InChI is InChI=1S/C8H17NO2/c1-10-5-3-9-6-8-2-4-11-7-8/h8-9H,2-7H2,1H3/t8-/m0/s1. The molecule has 0 radical (unpaired) electrons. The molecule has 66 valence electrons. The second kappa shape index (κ2) is 5.52. The van der Waals surface area contributed by atoms with Crippen molar-refractivity contribution in [1.82, 2.24) is 5.32 Å². The van der Waals surface area contributed by atoms with E-state index < -0.39 is 0 Å². The molecule has 1 rings (SSSR count). The van der Waals surface area contributed by atoms with Crippen LogP contribution in [0.3, 0.4) is 0 Å². The minimum Gasteiger partial charge on any atom is -0.383 e. The summed E-state index contributed by atoms with van der Waals surface area (Å²) in [5.41, 5.74) is 0. The van der Waals surface area contributed by atoms with Gasteiger partial charge in [-0.05, 0) is 12.3 Å². The lowest BCUT2D eigenvalue weighted by Crippen LogP contribution is -2.26. The van der Waals surface area contributed by atoms with Gasteiger partial charge in [0.2, 0.25) is 0 Å². The molecule has 0 aromatic rings. The molecule has 3 heteroatoms. The van der Waals surface area contributed by atoms with Gasteiger partial charge in [-0.2, -0.15) is 0 Å². The maximum Gasteiger partial charge on any atom is 0.0587 e. The highest BCUT2D eigenvalue weighted by molar-refractivity contribution is 4.66. The molecule has 1 N–H and O–H groups in total. The summed E-state index contributed by atoms with van der Waals surface area (Å²) in [6.45, 7) is 4.69. The smallest absolute Gasteiger partial charge is 0.0587 e. The molecule has 1 saturated heterocycles. The van der Waals surface area contributed by atoms with Crippen LogP contribution in [0.15, 0.2) is 0 Å². The Balaban J connectivity index is 1.86. The molecule has 0 bridgehead atoms. The number of nitrogens with one attached hydrogen (secondary N) is 1. The summed E-state index contributed by atoms with van der Waals surface area (Å²) < 4.78 is 10.2. The quantitative estimate of drug-likeness (QED) is 0.584. The van der Waals surface area contributed by atoms with Crippen molar-refractivity contribution in [2.75, 3.05) is 40.0 Å². The third-order valence-corrected chi connectivity index (χ3v) is 1.94. The Morgan fingerprint density at radius 3 is 3.18 bits per heavy atom. The molecule has 0 unspecified atom stereocenters. The van der Waals surface area contributed by atoms with Gasteiger partial charge >= 0.3 is 0 Å². The SMILES string of the molecule is COCCNC[C@@H]1CCOC1. The highest BCUT2D eigenvalue weighted by atomic mass is 16.5. The van der Waals surface area contributed by atoms with E-state index in [1.54, 1.807) is 7.11 Å². The minimum atomic E-state index is 0.729. The average molecular weight is 159 g/mol. The van der Waals surface area contributed by atoms with Crippen LogP contribution in [0.5, 0.6) is 0 Å². The highest BCUT2D eigenvalue weighted by Gasteiger charge is 2.14. The molecule has 1 heterocycles. The lowest BCUT2D eigenvalue weighted by molar-refractivity contribution is 0.180. The molecule has 0 amide bonds. The first-order valence-corrected chi connectivity index (χ1v) is 4.21. The predicted octanol–water partition coefficient (Wildman–Crippen LogP) is 0.259. The van der Waals surface area contributed by atoms with Gasteiger partial charge in [-0.25, -0.2) is 0 Å². The van der Waals surface area contributed by atoms with E-state index in [4.69, 9.17) is 9.47 Å². The molecule has 0 spiro atoms. The average Bonchev–Trinajstić information content (AvgIpc) is 2.50. The van der Waals surface area contributed by atoms with Gasteiger partial charge in [0.1, 0.15) is 0 Å². The second-order valence-electron chi connectivity index (χ2n) is 2.93. The van der Waals surface area contributed by atoms with Crippen LogP contribution in [-0.2, 0) is 9.47 Å². The van der Waals surface area contributed by atoms with Crippen molar-refractivity contribution in [1.29, 1.82) is 0 Å². The monoisotopic (exact) mass is 159 g/mol. The molecule has 1 aliphatic rings. The van der Waals surface area contributed by atoms with Gasteiger partial charge in [-0.15, -0.1) is 0 Å². The first kappa shape index (κ1) is 8.97. The van der Waals surface area contributed by atoms with Gasteiger partial charge in [0, 0.05) is 26.8 Å². The summed E-state index contributed by atoms with van der Waals surface area (Å²) in [5.74, 6) is 0.729. The largest absolute Gasteiger partial charge is 0.383 e. The predicted molar refractivity (Wildman–Crippen MR) is 43.7 cm³/mol. The molecular weight excluding hydrogens is 142 g/mol. The van der Waals surface area contributed by atoms with Gasteiger partial charge in [0.25, 0.3) is 0 Å². The zero-order valence-corrected chi connectivity index (χ0v) is 7.14. The molecule has 1 atom stereocenters. The molecule has 0 aromatic carbocycles. The van der Waals surface area contributed by atoms with Crippen LogP contribution in [-0.4, -0.2) is 40.0 Å². The molecule has 3 nitrogen and oxygen atoms in total. The van der Waals surface area contributed by atoms with Crippen LogP contribution in [0.2, 0.25) is 0 Å². The molecule has 0 saturated carbocycles. The Kier molecular flexibility index (Phi) is 4.50. The van der Waals surface area contributed by atoms with Crippen LogP contribution in [0.4, 0.5) is 0 Å². The van der Waals surface area contributed by atoms with Crippen molar-refractivity contribution < 1.29 is 9.47 Å². The fourth-order valence-corrected chi connectivity index (χ4v) is 1.22. The van der Waals surface area contributed by atoms with E-state index in [-0.39, 0.29) is 0 Å². The second-order valence-corrected chi connectivity index (χ2v) is 2.93. The zero-order chi connectivity index (χ0) is 7.94. The Bertz CT molecular complexity index is 92.1. The van der Waals surface area contributed by atoms with E-state index in [1.807, 2.05) is 0 Å². The fourth-order valence-electron chi connectivity index (χ4n) is 1.22. The molecule has 0 aromatic heterocycles. The fraction of sp³-hybridized carbons (Fsp3) is 1.00. The number of hydrogen-bond acceptors (Lipinski definition) is 3. The van der Waals surface area contributed by atoms with E-state index in [2.05, 4.69) is 5.32 Å². The minimum absolute atomic E-state index is 0.729. The molecular formula is C8H17NO2. The van der Waals surface area contributed by atoms with Gasteiger partial charge in [-0.3, -0.25) is 0 Å². The van der Waals surface area contributed by atoms with Crippen LogP contribution in [0.25, 0.3) is 0 Å². The summed E-state index contributed by atoms with van der Waals surface area (Å²) in [5, 5.41) is 3.32. The third kappa shape index (κ3) is 3.70. The van der Waals surface area contributed by atoms with Gasteiger partial charge < -0.3 is 14.8 Å². The summed E-state index contributed by atoms with van der Waals surface area (Å²) in [6, 6.07) is 0. The van der Waals surface area contributed by atoms with Crippen molar-refractivity contribution in [3.8, 4) is 0 Å².